The molecule has 0 aliphatic carbocycles. The highest BCUT2D eigenvalue weighted by atomic mass is 16.5. The van der Waals surface area contributed by atoms with E-state index in [1.54, 1.807) is 7.11 Å². The number of methoxy groups -OCH3 is 1. The quantitative estimate of drug-likeness (QED) is 0.911. The number of nitrogens with one attached hydrogen (secondary N) is 1. The number of carbonyl (C=O) groups is 1. The van der Waals surface area contributed by atoms with Crippen LogP contribution in [0.25, 0.3) is 0 Å². The molecule has 1 aromatic heterocycles. The zero-order valence-electron chi connectivity index (χ0n) is 14.7. The van der Waals surface area contributed by atoms with Gasteiger partial charge in [0.25, 0.3) is 0 Å². The van der Waals surface area contributed by atoms with Crippen molar-refractivity contribution in [1.82, 2.24) is 14.9 Å². The summed E-state index contributed by atoms with van der Waals surface area (Å²) in [5.74, 6) is 1.58. The molecule has 1 aromatic carbocycles. The maximum atomic E-state index is 13.0. The molecular weight excluding hydrogens is 316 g/mol. The number of anilines is 1. The first-order valence-corrected chi connectivity index (χ1v) is 8.63. The molecule has 2 bridgehead atoms. The van der Waals surface area contributed by atoms with Gasteiger partial charge in [0, 0.05) is 29.9 Å². The Bertz CT molecular complexity index is 836. The largest absolute Gasteiger partial charge is 0.497 e. The van der Waals surface area contributed by atoms with Crippen molar-refractivity contribution in [3.8, 4) is 5.75 Å². The average molecular weight is 338 g/mol. The minimum atomic E-state index is -0.0491. The molecule has 6 nitrogen and oxygen atoms in total. The number of hydrogen-bond acceptors (Lipinski definition) is 4. The van der Waals surface area contributed by atoms with E-state index in [1.807, 2.05) is 43.1 Å². The van der Waals surface area contributed by atoms with Crippen LogP contribution in [-0.4, -0.2) is 34.1 Å². The second-order valence-corrected chi connectivity index (χ2v) is 6.79. The van der Waals surface area contributed by atoms with Crippen LogP contribution in [-0.2, 0) is 6.42 Å². The zero-order valence-corrected chi connectivity index (χ0v) is 14.7. The van der Waals surface area contributed by atoms with Crippen LogP contribution >= 0.6 is 0 Å². The third kappa shape index (κ3) is 2.71. The van der Waals surface area contributed by atoms with Gasteiger partial charge in [-0.1, -0.05) is 0 Å². The molecule has 0 spiro atoms. The lowest BCUT2D eigenvalue weighted by atomic mass is 9.99. The summed E-state index contributed by atoms with van der Waals surface area (Å²) in [6.07, 6.45) is 4.68. The zero-order chi connectivity index (χ0) is 17.6. The minimum absolute atomic E-state index is 0.0491. The van der Waals surface area contributed by atoms with Gasteiger partial charge in [-0.25, -0.2) is 14.8 Å². The van der Waals surface area contributed by atoms with E-state index in [0.29, 0.717) is 0 Å². The van der Waals surface area contributed by atoms with Gasteiger partial charge < -0.3 is 15.0 Å². The van der Waals surface area contributed by atoms with E-state index in [4.69, 9.17) is 4.74 Å². The molecule has 1 fully saturated rings. The van der Waals surface area contributed by atoms with E-state index in [2.05, 4.69) is 15.3 Å². The van der Waals surface area contributed by atoms with Gasteiger partial charge >= 0.3 is 6.03 Å². The monoisotopic (exact) mass is 338 g/mol. The van der Waals surface area contributed by atoms with Gasteiger partial charge in [0.05, 0.1) is 18.8 Å². The summed E-state index contributed by atoms with van der Waals surface area (Å²) in [6.45, 7) is 3.88. The number of benzene rings is 1. The molecular formula is C19H22N4O2. The third-order valence-electron chi connectivity index (χ3n) is 5.22. The predicted octanol–water partition coefficient (Wildman–Crippen LogP) is 3.40. The fraction of sp³-hybridized carbons (Fsp3) is 0.421. The van der Waals surface area contributed by atoms with E-state index in [1.165, 1.54) is 0 Å². The summed E-state index contributed by atoms with van der Waals surface area (Å²) in [5, 5.41) is 3.06. The van der Waals surface area contributed by atoms with Crippen LogP contribution in [0.2, 0.25) is 0 Å². The number of ether oxygens (including phenoxy) is 1. The van der Waals surface area contributed by atoms with Crippen molar-refractivity contribution in [2.45, 2.75) is 45.2 Å². The Kier molecular flexibility index (Phi) is 3.82. The van der Waals surface area contributed by atoms with Gasteiger partial charge in [-0.3, -0.25) is 0 Å². The molecule has 2 aliphatic rings. The van der Waals surface area contributed by atoms with Crippen molar-refractivity contribution in [3.05, 3.63) is 47.0 Å². The number of aryl methyl sites for hydroxylation is 2. The van der Waals surface area contributed by atoms with Gasteiger partial charge in [0.15, 0.2) is 0 Å². The van der Waals surface area contributed by atoms with Gasteiger partial charge in [0.1, 0.15) is 11.6 Å². The smallest absolute Gasteiger partial charge is 0.322 e. The van der Waals surface area contributed by atoms with Crippen LogP contribution in [0.3, 0.4) is 0 Å². The highest BCUT2D eigenvalue weighted by Crippen LogP contribution is 2.43. The van der Waals surface area contributed by atoms with Crippen LogP contribution in [0.5, 0.6) is 5.75 Å². The Hall–Kier alpha value is -2.63. The molecule has 4 rings (SSSR count). The Morgan fingerprint density at radius 1 is 1.32 bits per heavy atom. The summed E-state index contributed by atoms with van der Waals surface area (Å²) < 4.78 is 5.23. The van der Waals surface area contributed by atoms with Crippen molar-refractivity contribution >= 4 is 11.7 Å². The van der Waals surface area contributed by atoms with Gasteiger partial charge in [-0.05, 0) is 50.5 Å². The first-order valence-electron chi connectivity index (χ1n) is 8.63. The van der Waals surface area contributed by atoms with E-state index in [0.717, 1.165) is 53.3 Å². The molecule has 3 heterocycles. The van der Waals surface area contributed by atoms with Crippen LogP contribution in [0.4, 0.5) is 10.5 Å². The Morgan fingerprint density at radius 3 is 2.92 bits per heavy atom. The normalized spacial score (nSPS) is 21.0. The molecule has 6 heteroatoms. The van der Waals surface area contributed by atoms with E-state index in [9.17, 15) is 4.79 Å². The molecule has 2 aliphatic heterocycles. The van der Waals surface area contributed by atoms with Crippen LogP contribution in [0.15, 0.2) is 24.4 Å². The second kappa shape index (κ2) is 6.02. The summed E-state index contributed by atoms with van der Waals surface area (Å²) in [4.78, 5) is 23.9. The topological polar surface area (TPSA) is 67.3 Å². The summed E-state index contributed by atoms with van der Waals surface area (Å²) >= 11 is 0. The first-order chi connectivity index (χ1) is 12.1. The Morgan fingerprint density at radius 2 is 2.16 bits per heavy atom. The molecule has 2 aromatic rings. The Labute approximate surface area is 147 Å². The maximum absolute atomic E-state index is 13.0. The second-order valence-electron chi connectivity index (χ2n) is 6.79. The third-order valence-corrected chi connectivity index (χ3v) is 5.22. The number of amides is 2. The fourth-order valence-electron chi connectivity index (χ4n) is 3.97. The number of aromatic nitrogens is 2. The van der Waals surface area contributed by atoms with E-state index >= 15 is 0 Å². The molecule has 25 heavy (non-hydrogen) atoms. The molecule has 1 saturated heterocycles. The summed E-state index contributed by atoms with van der Waals surface area (Å²) in [7, 11) is 1.64. The lowest BCUT2D eigenvalue weighted by molar-refractivity contribution is 0.178. The first kappa shape index (κ1) is 15.9. The molecule has 1 N–H and O–H groups in total. The number of hydrogen-bond donors (Lipinski definition) is 1. The standard InChI is InChI=1S/C19H22N4O2/c1-11-8-14(25-3)5-6-16(11)22-19(24)23-13-4-7-18(23)15-10-20-12(2)21-17(15)9-13/h5-6,8,10,13,18H,4,7,9H2,1-3H3,(H,22,24)/t13-,18+/m0/s1. The molecule has 130 valence electrons. The molecule has 2 atom stereocenters. The van der Waals surface area contributed by atoms with Gasteiger partial charge in [-0.2, -0.15) is 0 Å². The van der Waals surface area contributed by atoms with Crippen LogP contribution < -0.4 is 10.1 Å². The lowest BCUT2D eigenvalue weighted by Gasteiger charge is -2.35. The minimum Gasteiger partial charge on any atom is -0.497 e. The van der Waals surface area contributed by atoms with Crippen molar-refractivity contribution in [2.24, 2.45) is 0 Å². The summed E-state index contributed by atoms with van der Waals surface area (Å²) in [6, 6.07) is 5.91. The lowest BCUT2D eigenvalue weighted by Crippen LogP contribution is -2.44. The van der Waals surface area contributed by atoms with Crippen LogP contribution in [0, 0.1) is 13.8 Å². The van der Waals surface area contributed by atoms with Crippen molar-refractivity contribution in [1.29, 1.82) is 0 Å². The molecule has 0 radical (unpaired) electrons. The number of urea groups is 1. The molecule has 0 unspecified atom stereocenters. The Balaban J connectivity index is 1.58. The van der Waals surface area contributed by atoms with E-state index < -0.39 is 0 Å². The maximum Gasteiger partial charge on any atom is 0.322 e. The average Bonchev–Trinajstić information content (AvgIpc) is 2.91. The SMILES string of the molecule is COc1ccc(NC(=O)N2[C@H]3CC[C@@H]2c2cnc(C)nc2C3)c(C)c1. The number of carbonyl (C=O) groups excluding carboxylic acids is 1. The number of rotatable bonds is 2. The predicted molar refractivity (Wildman–Crippen MR) is 94.8 cm³/mol. The fourth-order valence-corrected chi connectivity index (χ4v) is 3.97. The summed E-state index contributed by atoms with van der Waals surface area (Å²) in [5.41, 5.74) is 4.00. The van der Waals surface area contributed by atoms with Crippen molar-refractivity contribution in [3.63, 3.8) is 0 Å². The van der Waals surface area contributed by atoms with Crippen molar-refractivity contribution < 1.29 is 9.53 Å². The number of nitrogens with zero attached hydrogens (tertiary/aromatic N) is 3. The van der Waals surface area contributed by atoms with Gasteiger partial charge in [0.2, 0.25) is 0 Å². The highest BCUT2D eigenvalue weighted by molar-refractivity contribution is 5.91. The molecule has 0 saturated carbocycles. The van der Waals surface area contributed by atoms with Gasteiger partial charge in [-0.15, -0.1) is 0 Å². The van der Waals surface area contributed by atoms with Crippen molar-refractivity contribution in [2.75, 3.05) is 12.4 Å². The van der Waals surface area contributed by atoms with Crippen LogP contribution in [0.1, 0.15) is 41.5 Å². The molecule has 2 amide bonds. The highest BCUT2D eigenvalue weighted by Gasteiger charge is 2.43. The number of fused-ring (bicyclic) bond motifs is 4. The van der Waals surface area contributed by atoms with E-state index in [-0.39, 0.29) is 18.1 Å².